The third-order valence-corrected chi connectivity index (χ3v) is 3.62. The third kappa shape index (κ3) is 8.60. The molecule has 0 radical (unpaired) electrons. The molecule has 0 spiro atoms. The fourth-order valence-electron chi connectivity index (χ4n) is 1.91. The summed E-state index contributed by atoms with van der Waals surface area (Å²) in [5, 5.41) is 8.73. The van der Waals surface area contributed by atoms with Crippen molar-refractivity contribution in [1.82, 2.24) is 0 Å². The molecule has 0 fully saturated rings. The quantitative estimate of drug-likeness (QED) is 0.287. The van der Waals surface area contributed by atoms with Gasteiger partial charge in [-0.15, -0.1) is 11.6 Å². The highest BCUT2D eigenvalue weighted by Gasteiger charge is 2.11. The van der Waals surface area contributed by atoms with Crippen LogP contribution in [0.2, 0.25) is 0 Å². The largest absolute Gasteiger partial charge is 0.465 e. The van der Waals surface area contributed by atoms with Crippen LogP contribution >= 0.6 is 11.6 Å². The van der Waals surface area contributed by atoms with Crippen LogP contribution in [0.5, 0.6) is 0 Å². The second kappa shape index (κ2) is 13.4. The summed E-state index contributed by atoms with van der Waals surface area (Å²) in [5.41, 5.74) is -1.19. The van der Waals surface area contributed by atoms with Gasteiger partial charge in [0.1, 0.15) is 34.9 Å². The predicted molar refractivity (Wildman–Crippen MR) is 106 cm³/mol. The molecular weight excluding hydrogens is 462 g/mol. The Kier molecular flexibility index (Phi) is 8.72. The molecule has 3 aromatic rings. The van der Waals surface area contributed by atoms with E-state index >= 15 is 0 Å². The Morgan fingerprint density at radius 2 is 1.28 bits per heavy atom. The highest BCUT2D eigenvalue weighted by Crippen LogP contribution is 2.11. The number of rotatable bonds is 3. The average Bonchev–Trinajstić information content (AvgIpc) is 2.72. The maximum absolute atomic E-state index is 12.8. The predicted octanol–water partition coefficient (Wildman–Crippen LogP) is 5.91. The fourth-order valence-corrected chi connectivity index (χ4v) is 2.06. The second-order valence-electron chi connectivity index (χ2n) is 5.57. The lowest BCUT2D eigenvalue weighted by atomic mass is 10.2. The zero-order valence-electron chi connectivity index (χ0n) is 20.1. The number of hydrogen-bond donors (Lipinski definition) is 1. The summed E-state index contributed by atoms with van der Waals surface area (Å²) in [6.07, 6.45) is 0. The van der Waals surface area contributed by atoms with Gasteiger partial charge in [-0.2, -0.15) is 0 Å². The van der Waals surface area contributed by atoms with Crippen LogP contribution in [0, 0.1) is 34.9 Å². The van der Waals surface area contributed by atoms with Crippen molar-refractivity contribution in [2.24, 2.45) is 0 Å². The first-order chi connectivity index (χ1) is 16.5. The lowest BCUT2D eigenvalue weighted by Crippen LogP contribution is -2.04. The van der Waals surface area contributed by atoms with E-state index in [0.717, 1.165) is 43.5 Å². The second-order valence-corrected chi connectivity index (χ2v) is 5.76. The molecule has 3 aromatic carbocycles. The SMILES string of the molecule is COC(=O)c1ccc(F)cc1F.[2H]C([2H])(Cl)c1ccc(F)cc1F.[2H]C([2H])(O)c1ccc(F)cc1F. The van der Waals surface area contributed by atoms with Gasteiger partial charge in [0.2, 0.25) is 0 Å². The van der Waals surface area contributed by atoms with E-state index in [1.807, 2.05) is 0 Å². The van der Waals surface area contributed by atoms with Crippen LogP contribution in [0.15, 0.2) is 54.6 Å². The number of hydrogen-bond acceptors (Lipinski definition) is 3. The van der Waals surface area contributed by atoms with Gasteiger partial charge in [-0.05, 0) is 24.3 Å². The maximum atomic E-state index is 12.8. The Labute approximate surface area is 190 Å². The van der Waals surface area contributed by atoms with Crippen molar-refractivity contribution >= 4 is 17.6 Å². The van der Waals surface area contributed by atoms with Crippen molar-refractivity contribution in [1.29, 1.82) is 0 Å². The van der Waals surface area contributed by atoms with Crippen LogP contribution in [0.3, 0.4) is 0 Å². The number of methoxy groups -OCH3 is 1. The van der Waals surface area contributed by atoms with Gasteiger partial charge in [0.05, 0.1) is 27.8 Å². The fraction of sp³-hybridized carbons (Fsp3) is 0.136. The summed E-state index contributed by atoms with van der Waals surface area (Å²) in [6.45, 7) is -2.77. The van der Waals surface area contributed by atoms with Crippen molar-refractivity contribution < 1.29 is 46.5 Å². The Morgan fingerprint density at radius 3 is 1.66 bits per heavy atom. The van der Waals surface area contributed by atoms with E-state index in [0.29, 0.717) is 18.2 Å². The molecule has 0 aromatic heterocycles. The molecule has 0 saturated carbocycles. The molecule has 0 aliphatic rings. The van der Waals surface area contributed by atoms with Crippen LogP contribution < -0.4 is 0 Å². The zero-order chi connectivity index (χ0) is 27.8. The third-order valence-electron chi connectivity index (χ3n) is 3.42. The van der Waals surface area contributed by atoms with Crippen LogP contribution in [0.1, 0.15) is 27.0 Å². The number of benzene rings is 3. The van der Waals surface area contributed by atoms with Gasteiger partial charge in [0, 0.05) is 32.1 Å². The average molecular weight is 483 g/mol. The molecular formula is C22H17ClF6O3. The Hall–Kier alpha value is -3.04. The van der Waals surface area contributed by atoms with Crippen molar-refractivity contribution in [2.75, 3.05) is 7.11 Å². The molecule has 0 aliphatic heterocycles. The molecule has 3 nitrogen and oxygen atoms in total. The Bertz CT molecular complexity index is 1140. The number of aliphatic hydroxyl groups is 1. The summed E-state index contributed by atoms with van der Waals surface area (Å²) >= 11 is 5.19. The van der Waals surface area contributed by atoms with E-state index in [2.05, 4.69) is 4.74 Å². The zero-order valence-corrected chi connectivity index (χ0v) is 16.9. The molecule has 0 atom stereocenters. The van der Waals surface area contributed by atoms with E-state index in [-0.39, 0.29) is 11.1 Å². The summed E-state index contributed by atoms with van der Waals surface area (Å²) in [7, 11) is 1.13. The first-order valence-electron chi connectivity index (χ1n) is 10.3. The minimum absolute atomic E-state index is 0.265. The number of esters is 1. The minimum Gasteiger partial charge on any atom is -0.465 e. The molecule has 0 saturated heterocycles. The molecule has 10 heteroatoms. The Balaban J connectivity index is 0.000000270. The van der Waals surface area contributed by atoms with E-state index in [9.17, 15) is 31.1 Å². The molecule has 0 aliphatic carbocycles. The van der Waals surface area contributed by atoms with E-state index in [1.54, 1.807) is 0 Å². The summed E-state index contributed by atoms with van der Waals surface area (Å²) in [5.74, 6) is -8.37. The smallest absolute Gasteiger partial charge is 0.340 e. The van der Waals surface area contributed by atoms with Gasteiger partial charge >= 0.3 is 5.97 Å². The molecule has 32 heavy (non-hydrogen) atoms. The van der Waals surface area contributed by atoms with E-state index < -0.39 is 58.8 Å². The van der Waals surface area contributed by atoms with Gasteiger partial charge in [-0.3, -0.25) is 0 Å². The molecule has 0 amide bonds. The lowest BCUT2D eigenvalue weighted by Gasteiger charge is -1.99. The van der Waals surface area contributed by atoms with Crippen molar-refractivity contribution in [2.45, 2.75) is 12.4 Å². The van der Waals surface area contributed by atoms with Crippen molar-refractivity contribution in [3.05, 3.63) is 106 Å². The van der Waals surface area contributed by atoms with Crippen LogP contribution in [0.25, 0.3) is 0 Å². The Morgan fingerprint density at radius 1 is 0.844 bits per heavy atom. The molecule has 1 N–H and O–H groups in total. The topological polar surface area (TPSA) is 46.5 Å². The van der Waals surface area contributed by atoms with Gasteiger partial charge in [-0.1, -0.05) is 12.1 Å². The van der Waals surface area contributed by atoms with Gasteiger partial charge in [-0.25, -0.2) is 31.1 Å². The molecule has 3 rings (SSSR count). The summed E-state index contributed by atoms with van der Waals surface area (Å²) < 4.78 is 107. The number of halogens is 7. The first-order valence-corrected chi connectivity index (χ1v) is 8.71. The minimum atomic E-state index is -2.77. The van der Waals surface area contributed by atoms with Crippen LogP contribution in [0.4, 0.5) is 26.3 Å². The van der Waals surface area contributed by atoms with E-state index in [4.69, 9.17) is 22.2 Å². The number of carbonyl (C=O) groups excluding carboxylic acids is 1. The van der Waals surface area contributed by atoms with Gasteiger partial charge in [0.25, 0.3) is 0 Å². The standard InChI is InChI=1S/C8H6F2O2.C7H5ClF2.C7H6F2O/c1-12-8(11)6-3-2-5(9)4-7(6)10;8-4-5-1-2-6(9)3-7(5)10;8-6-2-1-5(4-10)7(9)3-6/h2-4H,1H3;1-3H,4H2;1-3,10H,4H2/i;2*4D2. The normalized spacial score (nSPS) is 12.5. The van der Waals surface area contributed by atoms with Crippen molar-refractivity contribution in [3.8, 4) is 0 Å². The van der Waals surface area contributed by atoms with E-state index in [1.165, 1.54) is 0 Å². The summed E-state index contributed by atoms with van der Waals surface area (Å²) in [6, 6.07) is 7.46. The van der Waals surface area contributed by atoms with Gasteiger partial charge in [0.15, 0.2) is 0 Å². The molecule has 0 unspecified atom stereocenters. The number of alkyl halides is 1. The number of carbonyl (C=O) groups is 1. The maximum Gasteiger partial charge on any atom is 0.340 e. The van der Waals surface area contributed by atoms with Crippen LogP contribution in [-0.4, -0.2) is 18.2 Å². The molecule has 0 bridgehead atoms. The van der Waals surface area contributed by atoms with Crippen molar-refractivity contribution in [3.63, 3.8) is 0 Å². The highest BCUT2D eigenvalue weighted by atomic mass is 35.5. The van der Waals surface area contributed by atoms with Gasteiger partial charge < -0.3 is 9.84 Å². The number of ether oxygens (including phenoxy) is 1. The monoisotopic (exact) mass is 482 g/mol. The first kappa shape index (κ1) is 20.8. The van der Waals surface area contributed by atoms with Crippen LogP contribution in [-0.2, 0) is 17.1 Å². The highest BCUT2D eigenvalue weighted by molar-refractivity contribution is 6.17. The molecule has 172 valence electrons. The molecule has 0 heterocycles. The summed E-state index contributed by atoms with van der Waals surface area (Å²) in [4.78, 5) is 10.8. The lowest BCUT2D eigenvalue weighted by molar-refractivity contribution is 0.0595.